The zero-order valence-corrected chi connectivity index (χ0v) is 14.8. The van der Waals surface area contributed by atoms with Gasteiger partial charge in [-0.15, -0.1) is 0 Å². The van der Waals surface area contributed by atoms with Gasteiger partial charge in [0.25, 0.3) is 5.91 Å². The van der Waals surface area contributed by atoms with E-state index in [1.807, 2.05) is 48.8 Å². The molecule has 0 N–H and O–H groups in total. The van der Waals surface area contributed by atoms with Crippen molar-refractivity contribution in [3.05, 3.63) is 52.3 Å². The summed E-state index contributed by atoms with van der Waals surface area (Å²) in [6.07, 6.45) is 0. The lowest BCUT2D eigenvalue weighted by Gasteiger charge is -2.35. The lowest BCUT2D eigenvalue weighted by Crippen LogP contribution is -2.49. The highest BCUT2D eigenvalue weighted by molar-refractivity contribution is 5.94. The molecule has 1 fully saturated rings. The number of hydrogen-bond donors (Lipinski definition) is 0. The average Bonchev–Trinajstić information content (AvgIpc) is 2.63. The predicted molar refractivity (Wildman–Crippen MR) is 95.5 cm³/mol. The molecule has 0 unspecified atom stereocenters. The first-order valence-corrected chi connectivity index (χ1v) is 8.35. The van der Waals surface area contributed by atoms with Gasteiger partial charge in [0.2, 0.25) is 5.95 Å². The third-order valence-electron chi connectivity index (χ3n) is 4.56. The first kappa shape index (κ1) is 16.9. The molecule has 1 saturated heterocycles. The molecule has 25 heavy (non-hydrogen) atoms. The van der Waals surface area contributed by atoms with E-state index >= 15 is 0 Å². The molecular formula is C19H21N5O. The maximum Gasteiger partial charge on any atom is 0.253 e. The Kier molecular flexibility index (Phi) is 4.66. The summed E-state index contributed by atoms with van der Waals surface area (Å²) < 4.78 is 0. The number of nitriles is 1. The Bertz CT molecular complexity index is 847. The van der Waals surface area contributed by atoms with Crippen LogP contribution in [0.15, 0.2) is 24.3 Å². The van der Waals surface area contributed by atoms with E-state index in [2.05, 4.69) is 16.0 Å². The quantitative estimate of drug-likeness (QED) is 0.841. The first-order valence-electron chi connectivity index (χ1n) is 8.35. The van der Waals surface area contributed by atoms with Crippen molar-refractivity contribution in [1.82, 2.24) is 14.9 Å². The van der Waals surface area contributed by atoms with Gasteiger partial charge in [0, 0.05) is 37.4 Å². The second-order valence-electron chi connectivity index (χ2n) is 6.38. The Morgan fingerprint density at radius 1 is 1.04 bits per heavy atom. The number of anilines is 1. The monoisotopic (exact) mass is 335 g/mol. The lowest BCUT2D eigenvalue weighted by molar-refractivity contribution is 0.0746. The fourth-order valence-corrected chi connectivity index (χ4v) is 2.92. The molecule has 0 saturated carbocycles. The number of nitrogens with zero attached hydrogens (tertiary/aromatic N) is 5. The van der Waals surface area contributed by atoms with E-state index in [0.29, 0.717) is 37.8 Å². The molecule has 0 aliphatic carbocycles. The van der Waals surface area contributed by atoms with Crippen molar-refractivity contribution in [2.45, 2.75) is 20.8 Å². The summed E-state index contributed by atoms with van der Waals surface area (Å²) in [6, 6.07) is 9.56. The van der Waals surface area contributed by atoms with Gasteiger partial charge in [0.15, 0.2) is 0 Å². The van der Waals surface area contributed by atoms with E-state index < -0.39 is 0 Å². The first-order chi connectivity index (χ1) is 12.0. The van der Waals surface area contributed by atoms with Crippen LogP contribution in [-0.2, 0) is 0 Å². The summed E-state index contributed by atoms with van der Waals surface area (Å²) in [5, 5.41) is 9.06. The highest BCUT2D eigenvalue weighted by Gasteiger charge is 2.24. The largest absolute Gasteiger partial charge is 0.337 e. The number of piperazine rings is 1. The molecule has 1 aromatic carbocycles. The molecule has 0 radical (unpaired) electrons. The molecule has 2 heterocycles. The number of hydrogen-bond acceptors (Lipinski definition) is 5. The molecule has 1 aliphatic rings. The van der Waals surface area contributed by atoms with E-state index in [-0.39, 0.29) is 5.91 Å². The summed E-state index contributed by atoms with van der Waals surface area (Å²) in [7, 11) is 0. The molecule has 0 spiro atoms. The smallest absolute Gasteiger partial charge is 0.253 e. The van der Waals surface area contributed by atoms with Crippen molar-refractivity contribution in [2.24, 2.45) is 0 Å². The van der Waals surface area contributed by atoms with Crippen molar-refractivity contribution < 1.29 is 4.79 Å². The summed E-state index contributed by atoms with van der Waals surface area (Å²) in [4.78, 5) is 25.3. The normalized spacial score (nSPS) is 14.3. The van der Waals surface area contributed by atoms with Gasteiger partial charge < -0.3 is 9.80 Å². The minimum Gasteiger partial charge on any atom is -0.337 e. The van der Waals surface area contributed by atoms with Gasteiger partial charge in [-0.1, -0.05) is 6.07 Å². The third-order valence-corrected chi connectivity index (χ3v) is 4.56. The molecule has 6 nitrogen and oxygen atoms in total. The van der Waals surface area contributed by atoms with Crippen LogP contribution in [0.3, 0.4) is 0 Å². The number of carbonyl (C=O) groups is 1. The summed E-state index contributed by atoms with van der Waals surface area (Å²) in [5.41, 5.74) is 4.19. The second kappa shape index (κ2) is 6.89. The molecular weight excluding hydrogens is 314 g/mol. The summed E-state index contributed by atoms with van der Waals surface area (Å²) in [5.74, 6) is 0.625. The molecule has 1 aromatic heterocycles. The van der Waals surface area contributed by atoms with Crippen molar-refractivity contribution in [1.29, 1.82) is 5.26 Å². The van der Waals surface area contributed by atoms with Crippen LogP contribution in [0.5, 0.6) is 0 Å². The summed E-state index contributed by atoms with van der Waals surface area (Å²) in [6.45, 7) is 8.46. The fraction of sp³-hybridized carbons (Fsp3) is 0.368. The SMILES string of the molecule is Cc1cc(C#N)nc(N2CCN(C(=O)c3ccc(C)c(C)c3)CC2)n1. The van der Waals surface area contributed by atoms with Gasteiger partial charge in [0.05, 0.1) is 0 Å². The van der Waals surface area contributed by atoms with Crippen LogP contribution in [0, 0.1) is 32.1 Å². The molecule has 2 aromatic rings. The maximum absolute atomic E-state index is 12.7. The highest BCUT2D eigenvalue weighted by atomic mass is 16.2. The number of amides is 1. The van der Waals surface area contributed by atoms with Crippen LogP contribution in [0.2, 0.25) is 0 Å². The zero-order chi connectivity index (χ0) is 18.0. The Hall–Kier alpha value is -2.94. The topological polar surface area (TPSA) is 73.1 Å². The molecule has 1 amide bonds. The number of aryl methyl sites for hydroxylation is 3. The van der Waals surface area contributed by atoms with Gasteiger partial charge in [-0.3, -0.25) is 4.79 Å². The second-order valence-corrected chi connectivity index (χ2v) is 6.38. The van der Waals surface area contributed by atoms with E-state index in [1.165, 1.54) is 5.56 Å². The van der Waals surface area contributed by atoms with Gasteiger partial charge in [-0.05, 0) is 50.1 Å². The van der Waals surface area contributed by atoms with Crippen LogP contribution >= 0.6 is 0 Å². The van der Waals surface area contributed by atoms with Crippen LogP contribution in [0.4, 0.5) is 5.95 Å². The number of aromatic nitrogens is 2. The van der Waals surface area contributed by atoms with E-state index in [0.717, 1.165) is 16.8 Å². The Balaban J connectivity index is 1.69. The minimum atomic E-state index is 0.0608. The van der Waals surface area contributed by atoms with Gasteiger partial charge in [0.1, 0.15) is 11.8 Å². The van der Waals surface area contributed by atoms with Gasteiger partial charge >= 0.3 is 0 Å². The van der Waals surface area contributed by atoms with E-state index in [9.17, 15) is 4.79 Å². The molecule has 3 rings (SSSR count). The van der Waals surface area contributed by atoms with Crippen molar-refractivity contribution in [2.75, 3.05) is 31.1 Å². The Morgan fingerprint density at radius 2 is 1.76 bits per heavy atom. The van der Waals surface area contributed by atoms with Crippen LogP contribution in [0.25, 0.3) is 0 Å². The third kappa shape index (κ3) is 3.61. The Morgan fingerprint density at radius 3 is 2.40 bits per heavy atom. The fourth-order valence-electron chi connectivity index (χ4n) is 2.92. The molecule has 6 heteroatoms. The van der Waals surface area contributed by atoms with E-state index in [1.54, 1.807) is 6.07 Å². The standard InChI is InChI=1S/C19H21N5O/c1-13-4-5-16(10-14(13)2)18(25)23-6-8-24(9-7-23)19-21-15(3)11-17(12-20)22-19/h4-5,10-11H,6-9H2,1-3H3. The highest BCUT2D eigenvalue weighted by Crippen LogP contribution is 2.16. The average molecular weight is 335 g/mol. The molecule has 1 aliphatic heterocycles. The lowest BCUT2D eigenvalue weighted by atomic mass is 10.1. The predicted octanol–water partition coefficient (Wildman–Crippen LogP) is 2.24. The van der Waals surface area contributed by atoms with Gasteiger partial charge in [-0.25, -0.2) is 9.97 Å². The van der Waals surface area contributed by atoms with E-state index in [4.69, 9.17) is 5.26 Å². The number of benzene rings is 1. The zero-order valence-electron chi connectivity index (χ0n) is 14.8. The van der Waals surface area contributed by atoms with Crippen LogP contribution in [0.1, 0.15) is 32.9 Å². The molecule has 0 atom stereocenters. The molecule has 128 valence electrons. The van der Waals surface area contributed by atoms with Gasteiger partial charge in [-0.2, -0.15) is 5.26 Å². The van der Waals surface area contributed by atoms with Crippen molar-refractivity contribution in [3.8, 4) is 6.07 Å². The van der Waals surface area contributed by atoms with Crippen LogP contribution < -0.4 is 4.90 Å². The number of carbonyl (C=O) groups excluding carboxylic acids is 1. The number of rotatable bonds is 2. The maximum atomic E-state index is 12.7. The van der Waals surface area contributed by atoms with Crippen molar-refractivity contribution in [3.63, 3.8) is 0 Å². The summed E-state index contributed by atoms with van der Waals surface area (Å²) >= 11 is 0. The Labute approximate surface area is 147 Å². The molecule has 0 bridgehead atoms. The van der Waals surface area contributed by atoms with Crippen LogP contribution in [-0.4, -0.2) is 47.0 Å². The van der Waals surface area contributed by atoms with Crippen molar-refractivity contribution >= 4 is 11.9 Å². The minimum absolute atomic E-state index is 0.0608.